The minimum absolute atomic E-state index is 0. The minimum Gasteiger partial charge on any atom is -0.390 e. The summed E-state index contributed by atoms with van der Waals surface area (Å²) < 4.78 is 26.5. The molecule has 1 aliphatic rings. The molecule has 5 N–H and O–H groups in total. The molecular weight excluding hydrogens is 528 g/mol. The highest BCUT2D eigenvalue weighted by Crippen LogP contribution is 2.25. The molecule has 1 saturated carbocycles. The Morgan fingerprint density at radius 1 is 1.08 bits per heavy atom. The molecular formula is C27H41ClN4O5S. The van der Waals surface area contributed by atoms with Gasteiger partial charge < -0.3 is 21.5 Å². The number of aliphatic hydroxyl groups is 1. The summed E-state index contributed by atoms with van der Waals surface area (Å²) in [7, 11) is -3.49. The van der Waals surface area contributed by atoms with Crippen LogP contribution in [0.3, 0.4) is 0 Å². The van der Waals surface area contributed by atoms with Gasteiger partial charge in [0.25, 0.3) is 0 Å². The highest BCUT2D eigenvalue weighted by atomic mass is 35.5. The van der Waals surface area contributed by atoms with Crippen LogP contribution in [-0.4, -0.2) is 73.7 Å². The maximum Gasteiger partial charge on any atom is 0.243 e. The number of fused-ring (bicyclic) bond motifs is 1. The van der Waals surface area contributed by atoms with Gasteiger partial charge in [0.1, 0.15) is 6.04 Å². The SMILES string of the molecule is C[C@H](CN(C1CCCCC1)S(C)(=O)=O)C(=O)NC(Cc1ccc2ccccc2c1)C(=O)NCC(O)CN.Cl. The molecule has 1 fully saturated rings. The summed E-state index contributed by atoms with van der Waals surface area (Å²) in [5, 5.41) is 17.4. The molecule has 2 amide bonds. The van der Waals surface area contributed by atoms with E-state index < -0.39 is 39.9 Å². The Morgan fingerprint density at radius 3 is 2.37 bits per heavy atom. The second-order valence-corrected chi connectivity index (χ2v) is 12.0. The van der Waals surface area contributed by atoms with Crippen LogP contribution < -0.4 is 16.4 Å². The maximum atomic E-state index is 13.2. The lowest BCUT2D eigenvalue weighted by molar-refractivity contribution is -0.131. The van der Waals surface area contributed by atoms with E-state index in [1.165, 1.54) is 10.6 Å². The van der Waals surface area contributed by atoms with Crippen LogP contribution >= 0.6 is 12.4 Å². The first-order valence-corrected chi connectivity index (χ1v) is 14.8. The largest absolute Gasteiger partial charge is 0.390 e. The van der Waals surface area contributed by atoms with Crippen LogP contribution in [0.1, 0.15) is 44.6 Å². The lowest BCUT2D eigenvalue weighted by Gasteiger charge is -2.34. The lowest BCUT2D eigenvalue weighted by Crippen LogP contribution is -2.52. The van der Waals surface area contributed by atoms with E-state index in [0.29, 0.717) is 0 Å². The standard InChI is InChI=1S/C27H40N4O5S.ClH/c1-19(18-31(37(2,35)36)23-10-4-3-5-11-23)26(33)30-25(27(34)29-17-24(32)16-28)15-20-12-13-21-8-6-7-9-22(21)14-20;/h6-9,12-14,19,23-25,32H,3-5,10-11,15-18,28H2,1-2H3,(H,29,34)(H,30,33);1H/t19-,24?,25?;/m1./s1. The first kappa shape index (κ1) is 32.0. The highest BCUT2D eigenvalue weighted by molar-refractivity contribution is 7.88. The zero-order valence-electron chi connectivity index (χ0n) is 22.1. The number of hydrogen-bond donors (Lipinski definition) is 4. The van der Waals surface area contributed by atoms with Crippen molar-refractivity contribution in [3.8, 4) is 0 Å². The summed E-state index contributed by atoms with van der Waals surface area (Å²) in [6.07, 6.45) is 5.15. The molecule has 2 unspecified atom stereocenters. The smallest absolute Gasteiger partial charge is 0.243 e. The third-order valence-electron chi connectivity index (χ3n) is 6.98. The molecule has 0 aromatic heterocycles. The molecule has 0 saturated heterocycles. The van der Waals surface area contributed by atoms with Gasteiger partial charge in [0.2, 0.25) is 21.8 Å². The molecule has 11 heteroatoms. The molecule has 2 aromatic carbocycles. The number of nitrogens with two attached hydrogens (primary N) is 1. The fraction of sp³-hybridized carbons (Fsp3) is 0.556. The van der Waals surface area contributed by atoms with E-state index >= 15 is 0 Å². The van der Waals surface area contributed by atoms with Gasteiger partial charge in [0.15, 0.2) is 0 Å². The van der Waals surface area contributed by atoms with Crippen molar-refractivity contribution in [3.05, 3.63) is 48.0 Å². The highest BCUT2D eigenvalue weighted by Gasteiger charge is 2.32. The van der Waals surface area contributed by atoms with E-state index in [9.17, 15) is 23.1 Å². The third-order valence-corrected chi connectivity index (χ3v) is 8.28. The number of benzene rings is 2. The van der Waals surface area contributed by atoms with Crippen LogP contribution in [0.4, 0.5) is 0 Å². The first-order chi connectivity index (χ1) is 17.6. The topological polar surface area (TPSA) is 142 Å². The Kier molecular flexibility index (Phi) is 12.4. The van der Waals surface area contributed by atoms with Crippen molar-refractivity contribution in [2.24, 2.45) is 11.7 Å². The minimum atomic E-state index is -3.49. The van der Waals surface area contributed by atoms with E-state index in [0.717, 1.165) is 48.4 Å². The van der Waals surface area contributed by atoms with Crippen molar-refractivity contribution >= 4 is 45.0 Å². The van der Waals surface area contributed by atoms with Crippen molar-refractivity contribution in [1.29, 1.82) is 0 Å². The van der Waals surface area contributed by atoms with Crippen molar-refractivity contribution in [2.75, 3.05) is 25.9 Å². The van der Waals surface area contributed by atoms with E-state index in [4.69, 9.17) is 5.73 Å². The molecule has 3 rings (SSSR count). The second kappa shape index (κ2) is 14.8. The zero-order chi connectivity index (χ0) is 27.0. The average molecular weight is 569 g/mol. The maximum absolute atomic E-state index is 13.2. The van der Waals surface area contributed by atoms with E-state index in [1.54, 1.807) is 6.92 Å². The van der Waals surface area contributed by atoms with Gasteiger partial charge in [-0.05, 0) is 29.2 Å². The molecule has 9 nitrogen and oxygen atoms in total. The summed E-state index contributed by atoms with van der Waals surface area (Å²) in [6.45, 7) is 1.71. The number of amides is 2. The number of rotatable bonds is 12. The van der Waals surface area contributed by atoms with E-state index in [2.05, 4.69) is 10.6 Å². The van der Waals surface area contributed by atoms with Crippen LogP contribution in [0.5, 0.6) is 0 Å². The van der Waals surface area contributed by atoms with Crippen LogP contribution in [-0.2, 0) is 26.0 Å². The summed E-state index contributed by atoms with van der Waals surface area (Å²) >= 11 is 0. The Morgan fingerprint density at radius 2 is 1.74 bits per heavy atom. The molecule has 0 spiro atoms. The number of nitrogens with zero attached hydrogens (tertiary/aromatic N) is 1. The van der Waals surface area contributed by atoms with Crippen LogP contribution in [0.25, 0.3) is 10.8 Å². The number of aliphatic hydroxyl groups excluding tert-OH is 1. The molecule has 0 radical (unpaired) electrons. The summed E-state index contributed by atoms with van der Waals surface area (Å²) in [5.41, 5.74) is 6.32. The van der Waals surface area contributed by atoms with Gasteiger partial charge in [-0.3, -0.25) is 9.59 Å². The lowest BCUT2D eigenvalue weighted by atomic mass is 9.95. The Hall–Kier alpha value is -2.24. The van der Waals surface area contributed by atoms with Crippen LogP contribution in [0.2, 0.25) is 0 Å². The predicted octanol–water partition coefficient (Wildman–Crippen LogP) is 1.96. The molecule has 0 heterocycles. The predicted molar refractivity (Wildman–Crippen MR) is 152 cm³/mol. The Balaban J connectivity index is 0.00000507. The number of nitrogens with one attached hydrogen (secondary N) is 2. The quantitative estimate of drug-likeness (QED) is 0.308. The molecule has 3 atom stereocenters. The van der Waals surface area contributed by atoms with Gasteiger partial charge in [0.05, 0.1) is 12.4 Å². The molecule has 38 heavy (non-hydrogen) atoms. The number of carbonyl (C=O) groups excluding carboxylic acids is 2. The number of halogens is 1. The van der Waals surface area contributed by atoms with Gasteiger partial charge in [-0.15, -0.1) is 12.4 Å². The molecule has 0 bridgehead atoms. The van der Waals surface area contributed by atoms with Gasteiger partial charge >= 0.3 is 0 Å². The molecule has 1 aliphatic carbocycles. The van der Waals surface area contributed by atoms with Gasteiger partial charge in [0, 0.05) is 38.0 Å². The van der Waals surface area contributed by atoms with Crippen molar-refractivity contribution in [1.82, 2.24) is 14.9 Å². The van der Waals surface area contributed by atoms with Gasteiger partial charge in [-0.2, -0.15) is 4.31 Å². The monoisotopic (exact) mass is 568 g/mol. The summed E-state index contributed by atoms with van der Waals surface area (Å²) in [6, 6.07) is 12.7. The fourth-order valence-electron chi connectivity index (χ4n) is 4.83. The fourth-order valence-corrected chi connectivity index (χ4v) is 6.07. The molecule has 0 aliphatic heterocycles. The summed E-state index contributed by atoms with van der Waals surface area (Å²) in [4.78, 5) is 26.3. The molecule has 2 aromatic rings. The normalized spacial score (nSPS) is 16.9. The number of carbonyl (C=O) groups is 2. The number of hydrogen-bond acceptors (Lipinski definition) is 6. The average Bonchev–Trinajstić information content (AvgIpc) is 2.89. The first-order valence-electron chi connectivity index (χ1n) is 13.0. The van der Waals surface area contributed by atoms with Crippen molar-refractivity contribution in [3.63, 3.8) is 0 Å². The Labute approximate surface area is 232 Å². The van der Waals surface area contributed by atoms with Crippen LogP contribution in [0, 0.1) is 5.92 Å². The number of sulfonamides is 1. The van der Waals surface area contributed by atoms with Crippen molar-refractivity contribution in [2.45, 2.75) is 63.6 Å². The van der Waals surface area contributed by atoms with Crippen molar-refractivity contribution < 1.29 is 23.1 Å². The Bertz CT molecular complexity index is 1170. The van der Waals surface area contributed by atoms with Gasteiger partial charge in [-0.25, -0.2) is 8.42 Å². The van der Waals surface area contributed by atoms with E-state index in [-0.39, 0.29) is 44.5 Å². The van der Waals surface area contributed by atoms with Gasteiger partial charge in [-0.1, -0.05) is 68.7 Å². The second-order valence-electron chi connectivity index (χ2n) is 10.1. The molecule has 212 valence electrons. The zero-order valence-corrected chi connectivity index (χ0v) is 23.8. The third kappa shape index (κ3) is 9.20. The summed E-state index contributed by atoms with van der Waals surface area (Å²) in [5.74, 6) is -1.49. The van der Waals surface area contributed by atoms with E-state index in [1.807, 2.05) is 42.5 Å². The van der Waals surface area contributed by atoms with Crippen LogP contribution in [0.15, 0.2) is 42.5 Å².